The minimum Gasteiger partial charge on any atom is -0.423 e. The smallest absolute Gasteiger partial charge is 0.343 e. The summed E-state index contributed by atoms with van der Waals surface area (Å²) in [6.07, 6.45) is 3.93. The molecular weight excluding hydrogens is 426 g/mol. The van der Waals surface area contributed by atoms with Gasteiger partial charge in [0.1, 0.15) is 5.75 Å². The molecule has 0 unspecified atom stereocenters. The van der Waals surface area contributed by atoms with Gasteiger partial charge in [0.05, 0.1) is 23.1 Å². The number of hydrogen-bond donors (Lipinski definition) is 0. The van der Waals surface area contributed by atoms with Gasteiger partial charge in [-0.3, -0.25) is 14.5 Å². The molecule has 2 bridgehead atoms. The predicted octanol–water partition coefficient (Wildman–Crippen LogP) is 5.03. The average Bonchev–Trinajstić information content (AvgIpc) is 3.55. The molecule has 3 aliphatic rings. The lowest BCUT2D eigenvalue weighted by atomic mass is 9.81. The Morgan fingerprint density at radius 1 is 0.765 bits per heavy atom. The highest BCUT2D eigenvalue weighted by molar-refractivity contribution is 6.22. The summed E-state index contributed by atoms with van der Waals surface area (Å²) in [5, 5.41) is 0. The number of nitrogens with zero attached hydrogens (tertiary/aromatic N) is 1. The third kappa shape index (κ3) is 3.52. The zero-order valence-electron chi connectivity index (χ0n) is 18.7. The first kappa shape index (κ1) is 20.8. The van der Waals surface area contributed by atoms with Crippen LogP contribution in [0.15, 0.2) is 78.9 Å². The zero-order valence-corrected chi connectivity index (χ0v) is 18.7. The van der Waals surface area contributed by atoms with Crippen LogP contribution in [0.5, 0.6) is 5.75 Å². The maximum Gasteiger partial charge on any atom is 0.343 e. The van der Waals surface area contributed by atoms with Crippen LogP contribution >= 0.6 is 0 Å². The number of carbonyl (C=O) groups excluding carboxylic acids is 3. The van der Waals surface area contributed by atoms with Crippen LogP contribution in [0.2, 0.25) is 0 Å². The van der Waals surface area contributed by atoms with Crippen molar-refractivity contribution in [2.75, 3.05) is 4.90 Å². The van der Waals surface area contributed by atoms with Gasteiger partial charge in [0.25, 0.3) is 0 Å². The van der Waals surface area contributed by atoms with Crippen molar-refractivity contribution >= 4 is 23.5 Å². The van der Waals surface area contributed by atoms with Crippen LogP contribution in [0.1, 0.15) is 40.7 Å². The lowest BCUT2D eigenvalue weighted by molar-refractivity contribution is -0.123. The van der Waals surface area contributed by atoms with Crippen LogP contribution in [-0.4, -0.2) is 17.8 Å². The SMILES string of the molecule is O=C(Oc1ccc(Cc2ccccc2)cc1)c1ccc(N2C(=O)[C@@H]3[C@H]4CC[C@@H](C4)[C@H]3C2=O)cc1. The molecule has 0 aromatic heterocycles. The van der Waals surface area contributed by atoms with Gasteiger partial charge in [-0.25, -0.2) is 4.79 Å². The fourth-order valence-electron chi connectivity index (χ4n) is 6.08. The van der Waals surface area contributed by atoms with Crippen LogP contribution in [-0.2, 0) is 16.0 Å². The van der Waals surface area contributed by atoms with E-state index in [-0.39, 0.29) is 23.7 Å². The number of ether oxygens (including phenoxy) is 1. The van der Waals surface area contributed by atoms with Crippen molar-refractivity contribution in [3.63, 3.8) is 0 Å². The standard InChI is InChI=1S/C29H25NO4/c31-27-25-21-8-9-22(17-21)26(25)28(32)30(27)23-12-10-20(11-13-23)29(33)34-24-14-6-19(7-15-24)16-18-4-2-1-3-5-18/h1-7,10-15,21-22,25-26H,8-9,16-17H2/t21-,22-,25+,26+/m0/s1. The topological polar surface area (TPSA) is 63.7 Å². The number of hydrogen-bond acceptors (Lipinski definition) is 4. The van der Waals surface area contributed by atoms with E-state index in [0.29, 0.717) is 28.8 Å². The normalized spacial score (nSPS) is 25.0. The molecule has 2 amide bonds. The molecule has 1 heterocycles. The van der Waals surface area contributed by atoms with E-state index in [1.807, 2.05) is 30.3 Å². The quantitative estimate of drug-likeness (QED) is 0.310. The van der Waals surface area contributed by atoms with Gasteiger partial charge in [0.2, 0.25) is 11.8 Å². The van der Waals surface area contributed by atoms with Crippen LogP contribution < -0.4 is 9.64 Å². The van der Waals surface area contributed by atoms with Crippen molar-refractivity contribution in [3.8, 4) is 5.75 Å². The van der Waals surface area contributed by atoms with Crippen molar-refractivity contribution in [2.24, 2.45) is 23.7 Å². The minimum atomic E-state index is -0.476. The lowest BCUT2D eigenvalue weighted by Gasteiger charge is -2.19. The lowest BCUT2D eigenvalue weighted by Crippen LogP contribution is -2.32. The molecule has 5 heteroatoms. The first-order valence-electron chi connectivity index (χ1n) is 11.9. The third-order valence-electron chi connectivity index (χ3n) is 7.67. The average molecular weight is 452 g/mol. The summed E-state index contributed by atoms with van der Waals surface area (Å²) in [7, 11) is 0. The highest BCUT2D eigenvalue weighted by Crippen LogP contribution is 2.56. The Hall–Kier alpha value is -3.73. The summed E-state index contributed by atoms with van der Waals surface area (Å²) < 4.78 is 5.52. The predicted molar refractivity (Wildman–Crippen MR) is 127 cm³/mol. The van der Waals surface area contributed by atoms with Gasteiger partial charge >= 0.3 is 5.97 Å². The molecule has 4 atom stereocenters. The van der Waals surface area contributed by atoms with Crippen LogP contribution in [0.3, 0.4) is 0 Å². The number of amides is 2. The van der Waals surface area contributed by atoms with Crippen molar-refractivity contribution in [3.05, 3.63) is 95.6 Å². The Bertz CT molecular complexity index is 1220. The Labute approximate surface area is 198 Å². The van der Waals surface area contributed by atoms with E-state index < -0.39 is 5.97 Å². The molecule has 2 aliphatic carbocycles. The van der Waals surface area contributed by atoms with E-state index in [1.165, 1.54) is 10.5 Å². The summed E-state index contributed by atoms with van der Waals surface area (Å²) in [5.74, 6) is 0.243. The highest BCUT2D eigenvalue weighted by Gasteiger charge is 2.61. The molecule has 1 aliphatic heterocycles. The molecular formula is C29H25NO4. The van der Waals surface area contributed by atoms with Crippen LogP contribution in [0.4, 0.5) is 5.69 Å². The summed E-state index contributed by atoms with van der Waals surface area (Å²) in [5.41, 5.74) is 3.26. The Morgan fingerprint density at radius 2 is 1.35 bits per heavy atom. The summed E-state index contributed by atoms with van der Waals surface area (Å²) in [6.45, 7) is 0. The molecule has 1 saturated heterocycles. The molecule has 34 heavy (non-hydrogen) atoms. The number of rotatable bonds is 5. The van der Waals surface area contributed by atoms with Gasteiger partial charge in [-0.1, -0.05) is 42.5 Å². The number of esters is 1. The monoisotopic (exact) mass is 451 g/mol. The van der Waals surface area contributed by atoms with Crippen molar-refractivity contribution in [1.29, 1.82) is 0 Å². The Morgan fingerprint density at radius 3 is 1.97 bits per heavy atom. The fraction of sp³-hybridized carbons (Fsp3) is 0.276. The first-order valence-corrected chi connectivity index (χ1v) is 11.9. The van der Waals surface area contributed by atoms with Gasteiger partial charge < -0.3 is 4.74 Å². The number of benzene rings is 3. The number of carbonyl (C=O) groups is 3. The zero-order chi connectivity index (χ0) is 23.2. The van der Waals surface area contributed by atoms with Gasteiger partial charge in [-0.2, -0.15) is 0 Å². The van der Waals surface area contributed by atoms with Crippen LogP contribution in [0, 0.1) is 23.7 Å². The molecule has 0 spiro atoms. The molecule has 170 valence electrons. The number of fused-ring (bicyclic) bond motifs is 5. The van der Waals surface area contributed by atoms with Crippen LogP contribution in [0.25, 0.3) is 0 Å². The molecule has 6 rings (SSSR count). The number of anilines is 1. The minimum absolute atomic E-state index is 0.0758. The molecule has 3 fully saturated rings. The second kappa shape index (κ2) is 8.24. The molecule has 5 nitrogen and oxygen atoms in total. The maximum absolute atomic E-state index is 13.0. The highest BCUT2D eigenvalue weighted by atomic mass is 16.5. The van der Waals surface area contributed by atoms with Crippen molar-refractivity contribution in [1.82, 2.24) is 0 Å². The largest absolute Gasteiger partial charge is 0.423 e. The molecule has 0 radical (unpaired) electrons. The van der Waals surface area contributed by atoms with Gasteiger partial charge in [-0.15, -0.1) is 0 Å². The second-order valence-corrected chi connectivity index (χ2v) is 9.64. The van der Waals surface area contributed by atoms with Gasteiger partial charge in [0.15, 0.2) is 0 Å². The van der Waals surface area contributed by atoms with E-state index >= 15 is 0 Å². The van der Waals surface area contributed by atoms with Gasteiger partial charge in [-0.05, 0) is 85.0 Å². The Kier molecular flexibility index (Phi) is 5.05. The first-order chi connectivity index (χ1) is 16.6. The Balaban J connectivity index is 1.12. The summed E-state index contributed by atoms with van der Waals surface area (Å²) >= 11 is 0. The van der Waals surface area contributed by atoms with E-state index in [2.05, 4.69) is 12.1 Å². The summed E-state index contributed by atoms with van der Waals surface area (Å²) in [6, 6.07) is 24.2. The van der Waals surface area contributed by atoms with E-state index in [9.17, 15) is 14.4 Å². The van der Waals surface area contributed by atoms with Crippen molar-refractivity contribution < 1.29 is 19.1 Å². The molecule has 3 aromatic carbocycles. The van der Waals surface area contributed by atoms with E-state index in [0.717, 1.165) is 31.2 Å². The van der Waals surface area contributed by atoms with E-state index in [1.54, 1.807) is 36.4 Å². The van der Waals surface area contributed by atoms with Gasteiger partial charge in [0, 0.05) is 0 Å². The fourth-order valence-corrected chi connectivity index (χ4v) is 6.08. The third-order valence-corrected chi connectivity index (χ3v) is 7.67. The molecule has 2 saturated carbocycles. The summed E-state index contributed by atoms with van der Waals surface area (Å²) in [4.78, 5) is 40.0. The number of imide groups is 1. The molecule has 3 aromatic rings. The molecule has 0 N–H and O–H groups in total. The van der Waals surface area contributed by atoms with Crippen molar-refractivity contribution in [2.45, 2.75) is 25.7 Å². The van der Waals surface area contributed by atoms with E-state index in [4.69, 9.17) is 4.74 Å². The maximum atomic E-state index is 13.0. The second-order valence-electron chi connectivity index (χ2n) is 9.64.